The largest absolute Gasteiger partial charge is 0.367 e. The molecule has 3 fully saturated rings. The Morgan fingerprint density at radius 1 is 1.53 bits per heavy atom. The summed E-state index contributed by atoms with van der Waals surface area (Å²) in [6, 6.07) is 0. The van der Waals surface area contributed by atoms with Gasteiger partial charge in [-0.05, 0) is 25.2 Å². The summed E-state index contributed by atoms with van der Waals surface area (Å²) in [6.45, 7) is 4.44. The Bertz CT molecular complexity index is 440. The van der Waals surface area contributed by atoms with Crippen molar-refractivity contribution in [2.45, 2.75) is 38.6 Å². The van der Waals surface area contributed by atoms with E-state index in [1.165, 1.54) is 0 Å². The lowest BCUT2D eigenvalue weighted by Crippen LogP contribution is -2.63. The summed E-state index contributed by atoms with van der Waals surface area (Å²) in [5.41, 5.74) is 3.99. The van der Waals surface area contributed by atoms with Crippen LogP contribution in [0.15, 0.2) is 0 Å². The number of carbonyl (C=O) groups is 1. The first-order valence-electron chi connectivity index (χ1n) is 6.01. The number of hydrogen-bond acceptors (Lipinski definition) is 3. The normalized spacial score (nSPS) is 50.9. The second kappa shape index (κ2) is 2.57. The number of rotatable bonds is 2. The van der Waals surface area contributed by atoms with Gasteiger partial charge in [-0.15, -0.1) is 5.01 Å². The molecule has 4 bridgehead atoms. The summed E-state index contributed by atoms with van der Waals surface area (Å²) in [7, 11) is 0. The molecule has 0 unspecified atom stereocenters. The van der Waals surface area contributed by atoms with Crippen molar-refractivity contribution in [3.05, 3.63) is 10.1 Å². The van der Waals surface area contributed by atoms with Gasteiger partial charge in [0, 0.05) is 10.8 Å². The van der Waals surface area contributed by atoms with Gasteiger partial charge in [0.1, 0.15) is 0 Å². The Morgan fingerprint density at radius 3 is 2.65 bits per heavy atom. The van der Waals surface area contributed by atoms with Crippen molar-refractivity contribution in [3.63, 3.8) is 0 Å². The summed E-state index contributed by atoms with van der Waals surface area (Å²) in [4.78, 5) is 23.1. The molecule has 2 aliphatic carbocycles. The maximum atomic E-state index is 11.9. The molecular formula is C11H17N3O3. The molecule has 94 valence electrons. The van der Waals surface area contributed by atoms with Crippen molar-refractivity contribution in [3.8, 4) is 0 Å². The molecule has 1 amide bonds. The van der Waals surface area contributed by atoms with Crippen molar-refractivity contribution < 1.29 is 9.83 Å². The molecule has 6 nitrogen and oxygen atoms in total. The Labute approximate surface area is 99.3 Å². The van der Waals surface area contributed by atoms with Crippen LogP contribution >= 0.6 is 0 Å². The maximum Gasteiger partial charge on any atom is 0.249 e. The average molecular weight is 239 g/mol. The van der Waals surface area contributed by atoms with Crippen LogP contribution in [-0.4, -0.2) is 28.0 Å². The lowest BCUT2D eigenvalue weighted by atomic mass is 9.65. The van der Waals surface area contributed by atoms with E-state index in [2.05, 4.69) is 6.92 Å². The van der Waals surface area contributed by atoms with Crippen LogP contribution in [0.1, 0.15) is 33.1 Å². The monoisotopic (exact) mass is 239 g/mol. The van der Waals surface area contributed by atoms with Gasteiger partial charge in [-0.2, -0.15) is 0 Å². The highest BCUT2D eigenvalue weighted by molar-refractivity contribution is 5.87. The van der Waals surface area contributed by atoms with E-state index < -0.39 is 16.5 Å². The number of hydrogen-bond donors (Lipinski definition) is 1. The summed E-state index contributed by atoms with van der Waals surface area (Å²) < 4.78 is 0. The van der Waals surface area contributed by atoms with Gasteiger partial charge in [0.2, 0.25) is 5.91 Å². The van der Waals surface area contributed by atoms with E-state index in [-0.39, 0.29) is 10.8 Å². The molecule has 1 saturated heterocycles. The third-order valence-electron chi connectivity index (χ3n) is 6.13. The molecule has 2 saturated carbocycles. The minimum atomic E-state index is -1.06. The lowest BCUT2D eigenvalue weighted by Gasteiger charge is -2.40. The van der Waals surface area contributed by atoms with Crippen LogP contribution in [0.3, 0.4) is 0 Å². The van der Waals surface area contributed by atoms with E-state index >= 15 is 0 Å². The molecule has 1 aliphatic heterocycles. The van der Waals surface area contributed by atoms with Gasteiger partial charge < -0.3 is 5.73 Å². The predicted octanol–water partition coefficient (Wildman–Crippen LogP) is 0.544. The minimum Gasteiger partial charge on any atom is -0.367 e. The highest BCUT2D eigenvalue weighted by atomic mass is 16.7. The van der Waals surface area contributed by atoms with E-state index in [0.29, 0.717) is 18.9 Å². The van der Waals surface area contributed by atoms with Crippen molar-refractivity contribution >= 4 is 5.91 Å². The number of hydrazine groups is 1. The van der Waals surface area contributed by atoms with E-state index in [1.807, 2.05) is 6.92 Å². The number of amides is 1. The molecule has 3 aliphatic rings. The van der Waals surface area contributed by atoms with Crippen molar-refractivity contribution in [2.24, 2.45) is 22.5 Å². The van der Waals surface area contributed by atoms with Gasteiger partial charge in [-0.3, -0.25) is 4.79 Å². The maximum absolute atomic E-state index is 11.9. The van der Waals surface area contributed by atoms with Crippen molar-refractivity contribution in [2.75, 3.05) is 6.54 Å². The van der Waals surface area contributed by atoms with E-state index in [1.54, 1.807) is 0 Å². The summed E-state index contributed by atoms with van der Waals surface area (Å²) >= 11 is 0. The molecule has 4 atom stereocenters. The van der Waals surface area contributed by atoms with Crippen LogP contribution in [0, 0.1) is 26.9 Å². The third-order valence-corrected chi connectivity index (χ3v) is 6.13. The lowest BCUT2D eigenvalue weighted by molar-refractivity contribution is -0.671. The predicted molar refractivity (Wildman–Crippen MR) is 59.2 cm³/mol. The zero-order valence-corrected chi connectivity index (χ0v) is 10.1. The highest BCUT2D eigenvalue weighted by Gasteiger charge is 2.83. The SMILES string of the molecule is C[C@]12CC[C@@H]3C[C@@]1(C(N)=O)N([N+](=O)[O-])C[C@@]32C. The van der Waals surface area contributed by atoms with Gasteiger partial charge in [-0.1, -0.05) is 13.8 Å². The Morgan fingerprint density at radius 2 is 2.18 bits per heavy atom. The summed E-state index contributed by atoms with van der Waals surface area (Å²) in [6.07, 6.45) is 2.48. The minimum absolute atomic E-state index is 0.144. The fourth-order valence-corrected chi connectivity index (χ4v) is 4.94. The molecule has 2 N–H and O–H groups in total. The van der Waals surface area contributed by atoms with Crippen LogP contribution in [0.2, 0.25) is 0 Å². The molecule has 0 aromatic heterocycles. The molecule has 0 aromatic carbocycles. The second-order valence-electron chi connectivity index (χ2n) is 6.21. The van der Waals surface area contributed by atoms with Crippen LogP contribution in [-0.2, 0) is 4.79 Å². The fourth-order valence-electron chi connectivity index (χ4n) is 4.94. The molecule has 0 spiro atoms. The van der Waals surface area contributed by atoms with E-state index in [4.69, 9.17) is 5.73 Å². The van der Waals surface area contributed by atoms with Gasteiger partial charge in [0.25, 0.3) is 0 Å². The molecule has 6 heteroatoms. The van der Waals surface area contributed by atoms with Crippen LogP contribution in [0.25, 0.3) is 0 Å². The average Bonchev–Trinajstić information content (AvgIpc) is 2.68. The van der Waals surface area contributed by atoms with Gasteiger partial charge in [-0.25, -0.2) is 10.1 Å². The van der Waals surface area contributed by atoms with Crippen LogP contribution in [0.5, 0.6) is 0 Å². The first-order valence-corrected chi connectivity index (χ1v) is 6.01. The number of nitro groups is 1. The Kier molecular flexibility index (Phi) is 1.63. The molecular weight excluding hydrogens is 222 g/mol. The van der Waals surface area contributed by atoms with Gasteiger partial charge in [0.15, 0.2) is 10.6 Å². The highest BCUT2D eigenvalue weighted by Crippen LogP contribution is 2.75. The number of carbonyl (C=O) groups excluding carboxylic acids is 1. The van der Waals surface area contributed by atoms with Gasteiger partial charge >= 0.3 is 0 Å². The second-order valence-corrected chi connectivity index (χ2v) is 6.21. The standard InChI is InChI=1S/C11H17N3O3/c1-9-6-13(14(16)17)11(8(12)15)5-7(9)3-4-10(9,11)2/h7H,3-6H2,1-2H3,(H2,12,15)/t7-,9+,10-,11+/m1/s1. The quantitative estimate of drug-likeness (QED) is 0.562. The number of nitrogens with zero attached hydrogens (tertiary/aromatic N) is 2. The summed E-state index contributed by atoms with van der Waals surface area (Å²) in [5.74, 6) is -0.126. The van der Waals surface area contributed by atoms with Crippen molar-refractivity contribution in [1.29, 1.82) is 0 Å². The molecule has 17 heavy (non-hydrogen) atoms. The molecule has 0 aromatic rings. The number of piperidine rings is 1. The van der Waals surface area contributed by atoms with Crippen molar-refractivity contribution in [1.82, 2.24) is 5.01 Å². The number of primary amides is 1. The molecule has 3 rings (SSSR count). The first kappa shape index (κ1) is 10.8. The molecule has 1 heterocycles. The third kappa shape index (κ3) is 0.788. The van der Waals surface area contributed by atoms with Crippen LogP contribution in [0.4, 0.5) is 0 Å². The van der Waals surface area contributed by atoms with Crippen LogP contribution < -0.4 is 5.73 Å². The Hall–Kier alpha value is -1.33. The zero-order chi connectivity index (χ0) is 12.6. The fraction of sp³-hybridized carbons (Fsp3) is 0.909. The number of nitrogens with two attached hydrogens (primary N) is 1. The first-order chi connectivity index (χ1) is 7.79. The van der Waals surface area contributed by atoms with E-state index in [0.717, 1.165) is 17.9 Å². The zero-order valence-electron chi connectivity index (χ0n) is 10.1. The smallest absolute Gasteiger partial charge is 0.249 e. The Balaban J connectivity index is 2.21. The van der Waals surface area contributed by atoms with Gasteiger partial charge in [0.05, 0.1) is 6.54 Å². The van der Waals surface area contributed by atoms with E-state index in [9.17, 15) is 14.9 Å². The molecule has 0 radical (unpaired) electrons. The topological polar surface area (TPSA) is 89.5 Å². The summed E-state index contributed by atoms with van der Waals surface area (Å²) in [5, 5.41) is 11.9.